The van der Waals surface area contributed by atoms with E-state index in [0.29, 0.717) is 22.9 Å². The largest absolute Gasteiger partial charge is 0.494 e. The van der Waals surface area contributed by atoms with E-state index in [2.05, 4.69) is 19.7 Å². The molecule has 0 fully saturated rings. The summed E-state index contributed by atoms with van der Waals surface area (Å²) >= 11 is 7.55. The Kier molecular flexibility index (Phi) is 5.22. The summed E-state index contributed by atoms with van der Waals surface area (Å²) in [5.74, 6) is 1.75. The molecule has 8 heteroatoms. The molecule has 4 rings (SSSR count). The molecule has 1 aliphatic rings. The fraction of sp³-hybridized carbons (Fsp3) is 0.263. The molecule has 5 nitrogen and oxygen atoms in total. The highest BCUT2D eigenvalue weighted by atomic mass is 35.5. The van der Waals surface area contributed by atoms with E-state index in [9.17, 15) is 4.39 Å². The maximum atomic E-state index is 14.0. The van der Waals surface area contributed by atoms with Gasteiger partial charge in [-0.05, 0) is 43.3 Å². The van der Waals surface area contributed by atoms with Gasteiger partial charge in [0.2, 0.25) is 5.95 Å². The van der Waals surface area contributed by atoms with E-state index in [1.165, 1.54) is 17.8 Å². The molecule has 0 unspecified atom stereocenters. The summed E-state index contributed by atoms with van der Waals surface area (Å²) in [7, 11) is 0. The minimum Gasteiger partial charge on any atom is -0.494 e. The summed E-state index contributed by atoms with van der Waals surface area (Å²) in [4.78, 5) is 2.11. The maximum absolute atomic E-state index is 14.0. The molecule has 0 bridgehead atoms. The molecule has 140 valence electrons. The van der Waals surface area contributed by atoms with E-state index < -0.39 is 0 Å². The van der Waals surface area contributed by atoms with Crippen LogP contribution < -0.4 is 9.64 Å². The Bertz CT molecular complexity index is 927. The van der Waals surface area contributed by atoms with Gasteiger partial charge in [-0.1, -0.05) is 29.4 Å². The van der Waals surface area contributed by atoms with E-state index >= 15 is 0 Å². The Labute approximate surface area is 166 Å². The van der Waals surface area contributed by atoms with Crippen molar-refractivity contribution < 1.29 is 9.13 Å². The fourth-order valence-electron chi connectivity index (χ4n) is 3.02. The van der Waals surface area contributed by atoms with E-state index in [0.717, 1.165) is 35.6 Å². The van der Waals surface area contributed by atoms with Crippen LogP contribution >= 0.6 is 23.4 Å². The number of fused-ring (bicyclic) bond motifs is 1. The molecule has 2 heterocycles. The second kappa shape index (κ2) is 7.78. The van der Waals surface area contributed by atoms with Gasteiger partial charge >= 0.3 is 0 Å². The summed E-state index contributed by atoms with van der Waals surface area (Å²) in [6, 6.07) is 12.7. The number of anilines is 2. The summed E-state index contributed by atoms with van der Waals surface area (Å²) < 4.78 is 21.5. The van der Waals surface area contributed by atoms with Crippen LogP contribution in [-0.4, -0.2) is 27.9 Å². The smallest absolute Gasteiger partial charge is 0.232 e. The summed E-state index contributed by atoms with van der Waals surface area (Å²) in [5.41, 5.74) is 1.53. The molecular weight excluding hydrogens is 387 g/mol. The van der Waals surface area contributed by atoms with Gasteiger partial charge in [0.25, 0.3) is 0 Å². The fourth-order valence-corrected chi connectivity index (χ4v) is 4.33. The molecule has 0 N–H and O–H groups in total. The number of nitrogens with zero attached hydrogens (tertiary/aromatic N) is 4. The quantitative estimate of drug-likeness (QED) is 0.546. The van der Waals surface area contributed by atoms with Crippen molar-refractivity contribution >= 4 is 35.0 Å². The lowest BCUT2D eigenvalue weighted by Gasteiger charge is -2.15. The van der Waals surface area contributed by atoms with Crippen LogP contribution in [0.3, 0.4) is 0 Å². The molecule has 0 saturated carbocycles. The lowest BCUT2D eigenvalue weighted by Crippen LogP contribution is -2.14. The van der Waals surface area contributed by atoms with Crippen LogP contribution in [-0.2, 0) is 12.3 Å². The number of aromatic nitrogens is 3. The molecule has 0 amide bonds. The number of rotatable bonds is 6. The molecule has 0 saturated heterocycles. The number of thioether (sulfide) groups is 1. The minimum atomic E-state index is -0.299. The van der Waals surface area contributed by atoms with Gasteiger partial charge in [-0.2, -0.15) is 0 Å². The van der Waals surface area contributed by atoms with Gasteiger partial charge in [0.15, 0.2) is 5.16 Å². The molecule has 0 spiro atoms. The monoisotopic (exact) mass is 404 g/mol. The zero-order valence-electron chi connectivity index (χ0n) is 14.7. The first-order chi connectivity index (χ1) is 13.2. The molecule has 0 atom stereocenters. The third-order valence-corrected chi connectivity index (χ3v) is 5.70. The van der Waals surface area contributed by atoms with Crippen molar-refractivity contribution in [2.24, 2.45) is 0 Å². The Morgan fingerprint density at radius 3 is 2.70 bits per heavy atom. The van der Waals surface area contributed by atoms with Crippen LogP contribution in [0.5, 0.6) is 5.75 Å². The number of hydrogen-bond acceptors (Lipinski definition) is 5. The molecule has 0 aliphatic carbocycles. The molecule has 1 aromatic heterocycles. The third kappa shape index (κ3) is 3.61. The predicted octanol–water partition coefficient (Wildman–Crippen LogP) is 4.91. The van der Waals surface area contributed by atoms with Crippen molar-refractivity contribution in [1.29, 1.82) is 0 Å². The number of halogens is 2. The van der Waals surface area contributed by atoms with E-state index in [1.54, 1.807) is 12.1 Å². The van der Waals surface area contributed by atoms with Crippen molar-refractivity contribution in [3.63, 3.8) is 0 Å². The van der Waals surface area contributed by atoms with Crippen molar-refractivity contribution in [3.05, 3.63) is 58.9 Å². The van der Waals surface area contributed by atoms with Crippen molar-refractivity contribution in [3.8, 4) is 5.75 Å². The van der Waals surface area contributed by atoms with Gasteiger partial charge in [0, 0.05) is 35.1 Å². The van der Waals surface area contributed by atoms with Crippen molar-refractivity contribution in [1.82, 2.24) is 14.8 Å². The van der Waals surface area contributed by atoms with Crippen molar-refractivity contribution in [2.75, 3.05) is 18.1 Å². The highest BCUT2D eigenvalue weighted by Gasteiger charge is 2.26. The predicted molar refractivity (Wildman–Crippen MR) is 106 cm³/mol. The molecule has 0 radical (unpaired) electrons. The number of benzene rings is 2. The second-order valence-electron chi connectivity index (χ2n) is 6.00. The molecule has 27 heavy (non-hydrogen) atoms. The molecule has 1 aliphatic heterocycles. The first kappa shape index (κ1) is 18.1. The van der Waals surface area contributed by atoms with Gasteiger partial charge < -0.3 is 9.64 Å². The molecule has 3 aromatic rings. The Morgan fingerprint density at radius 1 is 1.15 bits per heavy atom. The first-order valence-electron chi connectivity index (χ1n) is 8.66. The van der Waals surface area contributed by atoms with Crippen LogP contribution in [0.1, 0.15) is 12.5 Å². The van der Waals surface area contributed by atoms with Gasteiger partial charge in [-0.3, -0.25) is 4.57 Å². The average molecular weight is 405 g/mol. The van der Waals surface area contributed by atoms with E-state index in [-0.39, 0.29) is 5.82 Å². The number of ether oxygens (including phenoxy) is 1. The zero-order valence-corrected chi connectivity index (χ0v) is 16.3. The molecule has 2 aromatic carbocycles. The Hall–Kier alpha value is -2.25. The SMILES string of the molecule is CCOc1ccc(N2CCn3c(SCc4c(F)cccc4Cl)nnc32)cc1. The second-order valence-corrected chi connectivity index (χ2v) is 7.35. The molecular formula is C19H18ClFN4OS. The first-order valence-corrected chi connectivity index (χ1v) is 10.0. The van der Waals surface area contributed by atoms with Gasteiger partial charge in [0.1, 0.15) is 11.6 Å². The Balaban J connectivity index is 1.51. The van der Waals surface area contributed by atoms with Gasteiger partial charge in [-0.25, -0.2) is 4.39 Å². The summed E-state index contributed by atoms with van der Waals surface area (Å²) in [6.07, 6.45) is 0. The lowest BCUT2D eigenvalue weighted by molar-refractivity contribution is 0.340. The maximum Gasteiger partial charge on any atom is 0.232 e. The lowest BCUT2D eigenvalue weighted by atomic mass is 10.2. The summed E-state index contributed by atoms with van der Waals surface area (Å²) in [5, 5.41) is 9.80. The van der Waals surface area contributed by atoms with Crippen LogP contribution in [0.15, 0.2) is 47.6 Å². The van der Waals surface area contributed by atoms with E-state index in [4.69, 9.17) is 16.3 Å². The van der Waals surface area contributed by atoms with Crippen LogP contribution in [0.25, 0.3) is 0 Å². The zero-order chi connectivity index (χ0) is 18.8. The van der Waals surface area contributed by atoms with Crippen LogP contribution in [0, 0.1) is 5.82 Å². The standard InChI is InChI=1S/C19H18ClFN4OS/c1-2-26-14-8-6-13(7-9-14)24-10-11-25-18(24)22-23-19(25)27-12-15-16(20)4-3-5-17(15)21/h3-9H,2,10-12H2,1H3. The summed E-state index contributed by atoms with van der Waals surface area (Å²) in [6.45, 7) is 4.20. The average Bonchev–Trinajstić information content (AvgIpc) is 3.25. The van der Waals surface area contributed by atoms with Gasteiger partial charge in [-0.15, -0.1) is 10.2 Å². The topological polar surface area (TPSA) is 43.2 Å². The van der Waals surface area contributed by atoms with Crippen molar-refractivity contribution in [2.45, 2.75) is 24.4 Å². The number of hydrogen-bond donors (Lipinski definition) is 0. The Morgan fingerprint density at radius 2 is 1.96 bits per heavy atom. The van der Waals surface area contributed by atoms with Crippen LogP contribution in [0.4, 0.5) is 16.0 Å². The van der Waals surface area contributed by atoms with Crippen LogP contribution in [0.2, 0.25) is 5.02 Å². The highest BCUT2D eigenvalue weighted by Crippen LogP contribution is 2.34. The van der Waals surface area contributed by atoms with Gasteiger partial charge in [0.05, 0.1) is 6.61 Å². The highest BCUT2D eigenvalue weighted by molar-refractivity contribution is 7.98. The normalized spacial score (nSPS) is 13.1. The minimum absolute atomic E-state index is 0.299. The third-order valence-electron chi connectivity index (χ3n) is 4.35. The van der Waals surface area contributed by atoms with E-state index in [1.807, 2.05) is 31.2 Å².